The van der Waals surface area contributed by atoms with Crippen molar-refractivity contribution in [3.8, 4) is 17.2 Å². The Balaban J connectivity index is 1.88. The van der Waals surface area contributed by atoms with Gasteiger partial charge in [-0.25, -0.2) is 5.43 Å². The number of phenolic OH excluding ortho intramolecular Hbond substituents is 2. The Morgan fingerprint density at radius 3 is 2.65 bits per heavy atom. The third kappa shape index (κ3) is 4.89. The van der Waals surface area contributed by atoms with E-state index in [0.717, 1.165) is 0 Å². The fraction of sp³-hybridized carbons (Fsp3) is 0.125. The molecule has 0 aromatic heterocycles. The summed E-state index contributed by atoms with van der Waals surface area (Å²) < 4.78 is 5.26. The number of phenols is 2. The van der Waals surface area contributed by atoms with Gasteiger partial charge in [0.25, 0.3) is 5.91 Å². The SMILES string of the molecule is Cc1cc(O)cc(O)c1/C=N/NC(=O)COc1ccc(Cl)cc1. The first kappa shape index (κ1) is 16.6. The topological polar surface area (TPSA) is 91.1 Å². The standard InChI is InChI=1S/C16H15ClN2O4/c1-10-6-12(20)7-15(21)14(10)8-18-19-16(22)9-23-13-4-2-11(17)3-5-13/h2-8,20-21H,9H2,1H3,(H,19,22)/b18-8+. The maximum atomic E-state index is 11.6. The van der Waals surface area contributed by atoms with E-state index in [4.69, 9.17) is 16.3 Å². The van der Waals surface area contributed by atoms with Crippen molar-refractivity contribution in [3.63, 3.8) is 0 Å². The van der Waals surface area contributed by atoms with Crippen LogP contribution in [0.15, 0.2) is 41.5 Å². The Bertz CT molecular complexity index is 706. The van der Waals surface area contributed by atoms with Gasteiger partial charge in [-0.3, -0.25) is 4.79 Å². The highest BCUT2D eigenvalue weighted by Gasteiger charge is 2.05. The van der Waals surface area contributed by atoms with Crippen molar-refractivity contribution in [2.24, 2.45) is 5.10 Å². The normalized spacial score (nSPS) is 10.7. The number of carbonyl (C=O) groups excluding carboxylic acids is 1. The van der Waals surface area contributed by atoms with Crippen molar-refractivity contribution in [2.75, 3.05) is 6.61 Å². The van der Waals surface area contributed by atoms with Gasteiger partial charge in [0.1, 0.15) is 17.2 Å². The number of carbonyl (C=O) groups is 1. The number of rotatable bonds is 5. The number of aromatic hydroxyl groups is 2. The Labute approximate surface area is 138 Å². The summed E-state index contributed by atoms with van der Waals surface area (Å²) in [6.45, 7) is 1.49. The van der Waals surface area contributed by atoms with Crippen LogP contribution in [0, 0.1) is 6.92 Å². The molecule has 2 aromatic carbocycles. The molecular formula is C16H15ClN2O4. The van der Waals surface area contributed by atoms with Gasteiger partial charge in [-0.2, -0.15) is 5.10 Å². The molecule has 0 unspecified atom stereocenters. The van der Waals surface area contributed by atoms with E-state index in [-0.39, 0.29) is 18.1 Å². The molecule has 0 saturated heterocycles. The summed E-state index contributed by atoms with van der Waals surface area (Å²) in [6, 6.07) is 9.28. The van der Waals surface area contributed by atoms with Gasteiger partial charge in [0.05, 0.1) is 6.21 Å². The molecule has 2 rings (SSSR count). The molecule has 23 heavy (non-hydrogen) atoms. The third-order valence-electron chi connectivity index (χ3n) is 2.92. The molecule has 0 aliphatic carbocycles. The summed E-state index contributed by atoms with van der Waals surface area (Å²) >= 11 is 5.75. The first-order chi connectivity index (χ1) is 11.0. The number of amides is 1. The van der Waals surface area contributed by atoms with E-state index in [9.17, 15) is 15.0 Å². The van der Waals surface area contributed by atoms with Crippen LogP contribution in [0.2, 0.25) is 5.02 Å². The molecule has 3 N–H and O–H groups in total. The van der Waals surface area contributed by atoms with Gasteiger partial charge in [0.2, 0.25) is 0 Å². The van der Waals surface area contributed by atoms with Crippen LogP contribution in [-0.2, 0) is 4.79 Å². The van der Waals surface area contributed by atoms with Gasteiger partial charge in [0, 0.05) is 16.7 Å². The lowest BCUT2D eigenvalue weighted by atomic mass is 10.1. The molecule has 0 aliphatic heterocycles. The van der Waals surface area contributed by atoms with Crippen molar-refractivity contribution >= 4 is 23.7 Å². The molecular weight excluding hydrogens is 320 g/mol. The van der Waals surface area contributed by atoms with E-state index in [1.807, 2.05) is 0 Å². The van der Waals surface area contributed by atoms with E-state index >= 15 is 0 Å². The van der Waals surface area contributed by atoms with E-state index < -0.39 is 5.91 Å². The maximum absolute atomic E-state index is 11.6. The molecule has 0 heterocycles. The van der Waals surface area contributed by atoms with Crippen LogP contribution in [0.25, 0.3) is 0 Å². The zero-order chi connectivity index (χ0) is 16.8. The monoisotopic (exact) mass is 334 g/mol. The van der Waals surface area contributed by atoms with Crippen LogP contribution in [0.1, 0.15) is 11.1 Å². The van der Waals surface area contributed by atoms with Gasteiger partial charge in [-0.05, 0) is 42.8 Å². The summed E-state index contributed by atoms with van der Waals surface area (Å²) in [7, 11) is 0. The summed E-state index contributed by atoms with van der Waals surface area (Å²) in [4.78, 5) is 11.6. The van der Waals surface area contributed by atoms with E-state index in [1.54, 1.807) is 31.2 Å². The van der Waals surface area contributed by atoms with E-state index in [1.165, 1.54) is 18.3 Å². The summed E-state index contributed by atoms with van der Waals surface area (Å²) in [6.07, 6.45) is 1.30. The summed E-state index contributed by atoms with van der Waals surface area (Å²) in [5.41, 5.74) is 3.32. The lowest BCUT2D eigenvalue weighted by Gasteiger charge is -2.06. The second-order valence-corrected chi connectivity index (χ2v) is 5.17. The van der Waals surface area contributed by atoms with Crippen molar-refractivity contribution < 1.29 is 19.7 Å². The van der Waals surface area contributed by atoms with Crippen LogP contribution in [0.3, 0.4) is 0 Å². The highest BCUT2D eigenvalue weighted by molar-refractivity contribution is 6.30. The highest BCUT2D eigenvalue weighted by Crippen LogP contribution is 2.24. The maximum Gasteiger partial charge on any atom is 0.277 e. The van der Waals surface area contributed by atoms with Crippen LogP contribution < -0.4 is 10.2 Å². The van der Waals surface area contributed by atoms with E-state index in [2.05, 4.69) is 10.5 Å². The minimum absolute atomic E-state index is 0.0439. The number of hydrogen-bond donors (Lipinski definition) is 3. The van der Waals surface area contributed by atoms with Crippen LogP contribution in [0.5, 0.6) is 17.2 Å². The molecule has 0 spiro atoms. The second-order valence-electron chi connectivity index (χ2n) is 4.73. The molecule has 1 amide bonds. The number of hydrogen-bond acceptors (Lipinski definition) is 5. The molecule has 7 heteroatoms. The lowest BCUT2D eigenvalue weighted by molar-refractivity contribution is -0.123. The molecule has 0 atom stereocenters. The minimum atomic E-state index is -0.452. The molecule has 6 nitrogen and oxygen atoms in total. The molecule has 0 bridgehead atoms. The zero-order valence-electron chi connectivity index (χ0n) is 12.3. The molecule has 0 saturated carbocycles. The average Bonchev–Trinajstić information content (AvgIpc) is 2.49. The van der Waals surface area contributed by atoms with Gasteiger partial charge in [0.15, 0.2) is 6.61 Å². The Morgan fingerprint density at radius 1 is 1.30 bits per heavy atom. The fourth-order valence-electron chi connectivity index (χ4n) is 1.81. The van der Waals surface area contributed by atoms with Crippen molar-refractivity contribution in [3.05, 3.63) is 52.5 Å². The van der Waals surface area contributed by atoms with Gasteiger partial charge < -0.3 is 14.9 Å². The number of hydrazone groups is 1. The molecule has 0 radical (unpaired) electrons. The van der Waals surface area contributed by atoms with Crippen LogP contribution >= 0.6 is 11.6 Å². The Hall–Kier alpha value is -2.73. The van der Waals surface area contributed by atoms with Crippen molar-refractivity contribution in [2.45, 2.75) is 6.92 Å². The summed E-state index contributed by atoms with van der Waals surface area (Å²) in [5.74, 6) is -0.108. The minimum Gasteiger partial charge on any atom is -0.508 e. The van der Waals surface area contributed by atoms with Gasteiger partial charge in [-0.1, -0.05) is 11.6 Å². The molecule has 0 fully saturated rings. The Kier molecular flexibility index (Phi) is 5.43. The number of aryl methyl sites for hydroxylation is 1. The van der Waals surface area contributed by atoms with Crippen LogP contribution in [0.4, 0.5) is 0 Å². The molecule has 120 valence electrons. The molecule has 0 aliphatic rings. The lowest BCUT2D eigenvalue weighted by Crippen LogP contribution is -2.24. The zero-order valence-corrected chi connectivity index (χ0v) is 13.0. The smallest absolute Gasteiger partial charge is 0.277 e. The number of halogens is 1. The predicted molar refractivity (Wildman–Crippen MR) is 87.2 cm³/mol. The van der Waals surface area contributed by atoms with Crippen LogP contribution in [-0.4, -0.2) is 28.9 Å². The summed E-state index contributed by atoms with van der Waals surface area (Å²) in [5, 5.41) is 23.4. The van der Waals surface area contributed by atoms with E-state index in [0.29, 0.717) is 21.9 Å². The first-order valence-electron chi connectivity index (χ1n) is 6.68. The predicted octanol–water partition coefficient (Wildman–Crippen LogP) is 2.59. The number of nitrogens with one attached hydrogen (secondary N) is 1. The highest BCUT2D eigenvalue weighted by atomic mass is 35.5. The van der Waals surface area contributed by atoms with Crippen molar-refractivity contribution in [1.29, 1.82) is 0 Å². The quantitative estimate of drug-likeness (QED) is 0.579. The molecule has 2 aromatic rings. The second kappa shape index (κ2) is 7.51. The third-order valence-corrected chi connectivity index (χ3v) is 3.17. The van der Waals surface area contributed by atoms with Crippen molar-refractivity contribution in [1.82, 2.24) is 5.43 Å². The Morgan fingerprint density at radius 2 is 2.00 bits per heavy atom. The number of nitrogens with zero attached hydrogens (tertiary/aromatic N) is 1. The average molecular weight is 335 g/mol. The number of ether oxygens (including phenoxy) is 1. The largest absolute Gasteiger partial charge is 0.508 e. The number of benzene rings is 2. The first-order valence-corrected chi connectivity index (χ1v) is 7.06. The van der Waals surface area contributed by atoms with Gasteiger partial charge in [-0.15, -0.1) is 0 Å². The fourth-order valence-corrected chi connectivity index (χ4v) is 1.94. The van der Waals surface area contributed by atoms with Gasteiger partial charge >= 0.3 is 0 Å².